The van der Waals surface area contributed by atoms with E-state index in [1.807, 2.05) is 11.8 Å². The minimum Gasteiger partial charge on any atom is -0.317 e. The van der Waals surface area contributed by atoms with Gasteiger partial charge in [-0.2, -0.15) is 0 Å². The Morgan fingerprint density at radius 1 is 1.22 bits per heavy atom. The molecule has 3 rings (SSSR count). The molecule has 3 heteroatoms. The monoisotopic (exact) mass is 258 g/mol. The molecule has 0 saturated carbocycles. The van der Waals surface area contributed by atoms with Crippen LogP contribution in [0.2, 0.25) is 0 Å². The topological polar surface area (TPSA) is 24.9 Å². The van der Waals surface area contributed by atoms with E-state index in [0.717, 1.165) is 23.9 Å². The van der Waals surface area contributed by atoms with Crippen LogP contribution >= 0.6 is 11.8 Å². The predicted octanol–water partition coefficient (Wildman–Crippen LogP) is 3.39. The number of nitrogens with zero attached hydrogens (tertiary/aromatic N) is 1. The molecule has 0 unspecified atom stereocenters. The van der Waals surface area contributed by atoms with Crippen LogP contribution in [0.15, 0.2) is 35.4 Å². The van der Waals surface area contributed by atoms with Crippen molar-refractivity contribution < 1.29 is 0 Å². The first kappa shape index (κ1) is 12.0. The van der Waals surface area contributed by atoms with Gasteiger partial charge in [0.25, 0.3) is 0 Å². The number of hydrogen-bond acceptors (Lipinski definition) is 3. The molecule has 94 valence electrons. The Bertz CT molecular complexity index is 547. The van der Waals surface area contributed by atoms with Crippen LogP contribution in [-0.4, -0.2) is 23.3 Å². The highest BCUT2D eigenvalue weighted by molar-refractivity contribution is 7.99. The number of rotatable bonds is 2. The van der Waals surface area contributed by atoms with E-state index in [1.165, 1.54) is 28.8 Å². The Labute approximate surface area is 112 Å². The van der Waals surface area contributed by atoms with Gasteiger partial charge in [-0.1, -0.05) is 18.2 Å². The fraction of sp³-hybridized carbons (Fsp3) is 0.400. The van der Waals surface area contributed by atoms with E-state index in [9.17, 15) is 0 Å². The first-order valence-electron chi connectivity index (χ1n) is 6.57. The smallest absolute Gasteiger partial charge is 0.0972 e. The zero-order valence-corrected chi connectivity index (χ0v) is 11.5. The van der Waals surface area contributed by atoms with Crippen LogP contribution in [0.25, 0.3) is 10.9 Å². The number of piperidine rings is 1. The maximum atomic E-state index is 4.77. The summed E-state index contributed by atoms with van der Waals surface area (Å²) in [6.07, 6.45) is 2.50. The SMILES string of the molecule is Cc1cc(SC2CCNCC2)nc2ccccc12. The third-order valence-electron chi connectivity index (χ3n) is 3.47. The zero-order valence-electron chi connectivity index (χ0n) is 10.6. The summed E-state index contributed by atoms with van der Waals surface area (Å²) >= 11 is 1.94. The van der Waals surface area contributed by atoms with E-state index in [4.69, 9.17) is 4.98 Å². The second-order valence-corrected chi connectivity index (χ2v) is 6.18. The van der Waals surface area contributed by atoms with Crippen molar-refractivity contribution in [3.63, 3.8) is 0 Å². The summed E-state index contributed by atoms with van der Waals surface area (Å²) in [6.45, 7) is 4.46. The van der Waals surface area contributed by atoms with Crippen molar-refractivity contribution >= 4 is 22.7 Å². The second kappa shape index (κ2) is 5.29. The molecule has 2 nitrogen and oxygen atoms in total. The Hall–Kier alpha value is -1.06. The van der Waals surface area contributed by atoms with Crippen LogP contribution in [0.3, 0.4) is 0 Å². The molecule has 0 bridgehead atoms. The first-order chi connectivity index (χ1) is 8.83. The molecule has 0 radical (unpaired) electrons. The Kier molecular flexibility index (Phi) is 3.52. The fourth-order valence-corrected chi connectivity index (χ4v) is 3.67. The average molecular weight is 258 g/mol. The summed E-state index contributed by atoms with van der Waals surface area (Å²) in [5, 5.41) is 6.58. The highest BCUT2D eigenvalue weighted by atomic mass is 32.2. The quantitative estimate of drug-likeness (QED) is 0.894. The molecule has 1 N–H and O–H groups in total. The molecule has 2 heterocycles. The van der Waals surface area contributed by atoms with E-state index < -0.39 is 0 Å². The lowest BCUT2D eigenvalue weighted by Crippen LogP contribution is -2.29. The van der Waals surface area contributed by atoms with Crippen LogP contribution < -0.4 is 5.32 Å². The number of nitrogens with one attached hydrogen (secondary N) is 1. The van der Waals surface area contributed by atoms with Crippen LogP contribution in [0.5, 0.6) is 0 Å². The molecule has 0 atom stereocenters. The third kappa shape index (κ3) is 2.52. The van der Waals surface area contributed by atoms with Crippen molar-refractivity contribution in [1.29, 1.82) is 0 Å². The van der Waals surface area contributed by atoms with Gasteiger partial charge in [-0.3, -0.25) is 0 Å². The molecular weight excluding hydrogens is 240 g/mol. The number of pyridine rings is 1. The van der Waals surface area contributed by atoms with E-state index in [2.05, 4.69) is 42.6 Å². The van der Waals surface area contributed by atoms with Crippen LogP contribution in [-0.2, 0) is 0 Å². The number of fused-ring (bicyclic) bond motifs is 1. The second-order valence-electron chi connectivity index (χ2n) is 4.86. The summed E-state index contributed by atoms with van der Waals surface area (Å²) in [4.78, 5) is 4.77. The molecule has 1 aromatic carbocycles. The lowest BCUT2D eigenvalue weighted by atomic mass is 10.1. The predicted molar refractivity (Wildman–Crippen MR) is 78.2 cm³/mol. The summed E-state index contributed by atoms with van der Waals surface area (Å²) in [5.74, 6) is 0. The van der Waals surface area contributed by atoms with Crippen molar-refractivity contribution in [2.24, 2.45) is 0 Å². The molecular formula is C15H18N2S. The maximum Gasteiger partial charge on any atom is 0.0972 e. The maximum absolute atomic E-state index is 4.77. The van der Waals surface area contributed by atoms with E-state index in [1.54, 1.807) is 0 Å². The molecule has 1 aromatic heterocycles. The van der Waals surface area contributed by atoms with Gasteiger partial charge < -0.3 is 5.32 Å². The fourth-order valence-electron chi connectivity index (χ4n) is 2.46. The van der Waals surface area contributed by atoms with Crippen molar-refractivity contribution in [1.82, 2.24) is 10.3 Å². The summed E-state index contributed by atoms with van der Waals surface area (Å²) in [5.41, 5.74) is 2.45. The van der Waals surface area contributed by atoms with Gasteiger partial charge in [0.15, 0.2) is 0 Å². The number of thioether (sulfide) groups is 1. The van der Waals surface area contributed by atoms with Gasteiger partial charge in [0.1, 0.15) is 0 Å². The van der Waals surface area contributed by atoms with Gasteiger partial charge in [0.2, 0.25) is 0 Å². The van der Waals surface area contributed by atoms with Crippen LogP contribution in [0.1, 0.15) is 18.4 Å². The van der Waals surface area contributed by atoms with E-state index in [0.29, 0.717) is 0 Å². The van der Waals surface area contributed by atoms with Gasteiger partial charge in [0.05, 0.1) is 10.5 Å². The molecule has 1 fully saturated rings. The minimum atomic E-state index is 0.722. The summed E-state index contributed by atoms with van der Waals surface area (Å²) in [7, 11) is 0. The first-order valence-corrected chi connectivity index (χ1v) is 7.44. The van der Waals surface area contributed by atoms with E-state index >= 15 is 0 Å². The highest BCUT2D eigenvalue weighted by Crippen LogP contribution is 2.30. The van der Waals surface area contributed by atoms with Gasteiger partial charge in [-0.15, -0.1) is 11.8 Å². The normalized spacial score (nSPS) is 17.2. The number of para-hydroxylation sites is 1. The number of benzene rings is 1. The molecule has 2 aromatic rings. The number of aryl methyl sites for hydroxylation is 1. The van der Waals surface area contributed by atoms with Crippen LogP contribution in [0.4, 0.5) is 0 Å². The van der Waals surface area contributed by atoms with Crippen molar-refractivity contribution in [2.45, 2.75) is 30.0 Å². The molecule has 0 spiro atoms. The van der Waals surface area contributed by atoms with Crippen molar-refractivity contribution in [3.05, 3.63) is 35.9 Å². The van der Waals surface area contributed by atoms with Crippen LogP contribution in [0, 0.1) is 6.92 Å². The van der Waals surface area contributed by atoms with Gasteiger partial charge in [-0.25, -0.2) is 4.98 Å². The molecule has 1 aliphatic rings. The number of hydrogen-bond donors (Lipinski definition) is 1. The largest absolute Gasteiger partial charge is 0.317 e. The van der Waals surface area contributed by atoms with E-state index in [-0.39, 0.29) is 0 Å². The average Bonchev–Trinajstić information content (AvgIpc) is 2.40. The number of aromatic nitrogens is 1. The Morgan fingerprint density at radius 2 is 2.00 bits per heavy atom. The van der Waals surface area contributed by atoms with Gasteiger partial charge in [-0.05, 0) is 50.6 Å². The Morgan fingerprint density at radius 3 is 2.83 bits per heavy atom. The third-order valence-corrected chi connectivity index (χ3v) is 4.73. The minimum absolute atomic E-state index is 0.722. The highest BCUT2D eigenvalue weighted by Gasteiger charge is 2.15. The lowest BCUT2D eigenvalue weighted by molar-refractivity contribution is 0.531. The van der Waals surface area contributed by atoms with Gasteiger partial charge >= 0.3 is 0 Å². The molecule has 0 aliphatic carbocycles. The summed E-state index contributed by atoms with van der Waals surface area (Å²) < 4.78 is 0. The molecule has 18 heavy (non-hydrogen) atoms. The summed E-state index contributed by atoms with van der Waals surface area (Å²) in [6, 6.07) is 10.6. The Balaban J connectivity index is 1.87. The zero-order chi connectivity index (χ0) is 12.4. The van der Waals surface area contributed by atoms with Crippen molar-refractivity contribution in [2.75, 3.05) is 13.1 Å². The lowest BCUT2D eigenvalue weighted by Gasteiger charge is -2.21. The standard InChI is InChI=1S/C15H18N2S/c1-11-10-15(18-12-6-8-16-9-7-12)17-14-5-3-2-4-13(11)14/h2-5,10,12,16H,6-9H2,1H3. The van der Waals surface area contributed by atoms with Crippen molar-refractivity contribution in [3.8, 4) is 0 Å². The molecule has 0 amide bonds. The molecule has 1 saturated heterocycles. The molecule has 1 aliphatic heterocycles. The van der Waals surface area contributed by atoms with Gasteiger partial charge in [0, 0.05) is 10.6 Å².